The van der Waals surface area contributed by atoms with Crippen molar-refractivity contribution in [1.29, 1.82) is 0 Å². The van der Waals surface area contributed by atoms with Crippen molar-refractivity contribution < 1.29 is 4.74 Å². The van der Waals surface area contributed by atoms with Crippen LogP contribution in [0.5, 0.6) is 5.75 Å². The lowest BCUT2D eigenvalue weighted by Gasteiger charge is -2.14. The molecule has 1 aromatic carbocycles. The fraction of sp³-hybridized carbons (Fsp3) is 0.667. The van der Waals surface area contributed by atoms with Gasteiger partial charge in [0.2, 0.25) is 0 Å². The minimum atomic E-state index is 0.447. The highest BCUT2D eigenvalue weighted by Gasteiger charge is 2.05. The van der Waals surface area contributed by atoms with Crippen LogP contribution in [0.1, 0.15) is 70.4 Å². The third kappa shape index (κ3) is 6.42. The summed E-state index contributed by atoms with van der Waals surface area (Å²) < 4.78 is 5.79. The van der Waals surface area contributed by atoms with E-state index in [1.54, 1.807) is 0 Å². The van der Waals surface area contributed by atoms with Crippen molar-refractivity contribution in [1.82, 2.24) is 5.32 Å². The van der Waals surface area contributed by atoms with E-state index in [-0.39, 0.29) is 0 Å². The molecule has 1 N–H and O–H groups in total. The van der Waals surface area contributed by atoms with Crippen LogP contribution in [0, 0.1) is 0 Å². The first-order valence-electron chi connectivity index (χ1n) is 8.21. The summed E-state index contributed by atoms with van der Waals surface area (Å²) in [5.74, 6) is 0.994. The molecule has 20 heavy (non-hydrogen) atoms. The van der Waals surface area contributed by atoms with Gasteiger partial charge in [-0.05, 0) is 37.6 Å². The van der Waals surface area contributed by atoms with Crippen molar-refractivity contribution in [3.8, 4) is 5.75 Å². The molecule has 0 aliphatic rings. The summed E-state index contributed by atoms with van der Waals surface area (Å²) in [6, 6.07) is 8.96. The average molecular weight is 277 g/mol. The number of benzene rings is 1. The van der Waals surface area contributed by atoms with Crippen molar-refractivity contribution in [3.63, 3.8) is 0 Å². The van der Waals surface area contributed by atoms with E-state index in [1.165, 1.54) is 44.1 Å². The third-order valence-corrected chi connectivity index (χ3v) is 3.81. The second kappa shape index (κ2) is 10.7. The molecule has 1 aromatic rings. The first-order chi connectivity index (χ1) is 9.81. The van der Waals surface area contributed by atoms with E-state index >= 15 is 0 Å². The molecule has 2 nitrogen and oxygen atoms in total. The molecule has 2 heteroatoms. The molecule has 0 spiro atoms. The molecule has 0 radical (unpaired) electrons. The number of nitrogens with one attached hydrogen (secondary N) is 1. The van der Waals surface area contributed by atoms with Crippen LogP contribution in [0.15, 0.2) is 24.3 Å². The van der Waals surface area contributed by atoms with Gasteiger partial charge in [-0.2, -0.15) is 0 Å². The average Bonchev–Trinajstić information content (AvgIpc) is 2.49. The molecule has 0 aromatic heterocycles. The Kier molecular flexibility index (Phi) is 9.14. The van der Waals surface area contributed by atoms with Gasteiger partial charge in [-0.25, -0.2) is 0 Å². The van der Waals surface area contributed by atoms with Crippen molar-refractivity contribution in [2.45, 2.75) is 64.8 Å². The third-order valence-electron chi connectivity index (χ3n) is 3.81. The number of hydrogen-bond donors (Lipinski definition) is 1. The molecular weight excluding hydrogens is 246 g/mol. The maximum absolute atomic E-state index is 5.79. The molecule has 1 rings (SSSR count). The van der Waals surface area contributed by atoms with E-state index in [0.717, 1.165) is 18.8 Å². The van der Waals surface area contributed by atoms with Crippen molar-refractivity contribution in [2.24, 2.45) is 0 Å². The van der Waals surface area contributed by atoms with Crippen molar-refractivity contribution in [2.75, 3.05) is 13.7 Å². The van der Waals surface area contributed by atoms with Gasteiger partial charge in [0.1, 0.15) is 5.75 Å². The van der Waals surface area contributed by atoms with Gasteiger partial charge < -0.3 is 10.1 Å². The van der Waals surface area contributed by atoms with E-state index in [1.807, 2.05) is 7.05 Å². The standard InChI is InChI=1S/C18H31NO/c1-4-6-7-8-9-10-15-20-17-13-11-16(12-14-17)18(5-2)19-3/h11-14,18-19H,4-10,15H2,1-3H3. The topological polar surface area (TPSA) is 21.3 Å². The molecule has 0 aliphatic heterocycles. The van der Waals surface area contributed by atoms with Gasteiger partial charge in [0, 0.05) is 6.04 Å². The zero-order valence-electron chi connectivity index (χ0n) is 13.5. The van der Waals surface area contributed by atoms with Gasteiger partial charge in [0.15, 0.2) is 0 Å². The largest absolute Gasteiger partial charge is 0.494 e. The van der Waals surface area contributed by atoms with E-state index < -0.39 is 0 Å². The van der Waals surface area contributed by atoms with Crippen LogP contribution < -0.4 is 10.1 Å². The molecule has 0 heterocycles. The van der Waals surface area contributed by atoms with Crippen LogP contribution in [0.4, 0.5) is 0 Å². The summed E-state index contributed by atoms with van der Waals surface area (Å²) in [6.07, 6.45) is 8.95. The Balaban J connectivity index is 2.21. The number of hydrogen-bond acceptors (Lipinski definition) is 2. The maximum atomic E-state index is 5.79. The van der Waals surface area contributed by atoms with Crippen LogP contribution >= 0.6 is 0 Å². The summed E-state index contributed by atoms with van der Waals surface area (Å²) in [7, 11) is 2.01. The van der Waals surface area contributed by atoms with Crippen LogP contribution in [-0.4, -0.2) is 13.7 Å². The van der Waals surface area contributed by atoms with E-state index in [9.17, 15) is 0 Å². The zero-order chi connectivity index (χ0) is 14.6. The molecule has 1 atom stereocenters. The SMILES string of the molecule is CCCCCCCCOc1ccc(C(CC)NC)cc1. The first kappa shape index (κ1) is 17.0. The molecule has 0 aliphatic carbocycles. The Bertz CT molecular complexity index is 330. The smallest absolute Gasteiger partial charge is 0.119 e. The van der Waals surface area contributed by atoms with E-state index in [0.29, 0.717) is 6.04 Å². The van der Waals surface area contributed by atoms with Crippen molar-refractivity contribution >= 4 is 0 Å². The molecule has 0 amide bonds. The fourth-order valence-corrected chi connectivity index (χ4v) is 2.48. The summed E-state index contributed by atoms with van der Waals surface area (Å²) in [6.45, 7) is 5.29. The maximum Gasteiger partial charge on any atom is 0.119 e. The Morgan fingerprint density at radius 2 is 1.60 bits per heavy atom. The van der Waals surface area contributed by atoms with E-state index in [4.69, 9.17) is 4.74 Å². The highest BCUT2D eigenvalue weighted by atomic mass is 16.5. The van der Waals surface area contributed by atoms with Crippen LogP contribution in [-0.2, 0) is 0 Å². The quantitative estimate of drug-likeness (QED) is 0.568. The summed E-state index contributed by atoms with van der Waals surface area (Å²) in [5.41, 5.74) is 1.34. The Labute approximate surface area is 124 Å². The summed E-state index contributed by atoms with van der Waals surface area (Å²) in [4.78, 5) is 0. The van der Waals surface area contributed by atoms with Gasteiger partial charge in [-0.3, -0.25) is 0 Å². The minimum absolute atomic E-state index is 0.447. The molecular formula is C18H31NO. The fourth-order valence-electron chi connectivity index (χ4n) is 2.48. The van der Waals surface area contributed by atoms with Gasteiger partial charge in [-0.1, -0.05) is 58.1 Å². The van der Waals surface area contributed by atoms with Gasteiger partial charge in [-0.15, -0.1) is 0 Å². The van der Waals surface area contributed by atoms with Gasteiger partial charge in [0.25, 0.3) is 0 Å². The minimum Gasteiger partial charge on any atom is -0.494 e. The van der Waals surface area contributed by atoms with Crippen LogP contribution in [0.25, 0.3) is 0 Å². The number of rotatable bonds is 11. The Morgan fingerprint density at radius 1 is 0.950 bits per heavy atom. The van der Waals surface area contributed by atoms with Gasteiger partial charge in [0.05, 0.1) is 6.61 Å². The summed E-state index contributed by atoms with van der Waals surface area (Å²) in [5, 5.41) is 3.32. The van der Waals surface area contributed by atoms with Crippen molar-refractivity contribution in [3.05, 3.63) is 29.8 Å². The highest BCUT2D eigenvalue weighted by molar-refractivity contribution is 5.29. The lowest BCUT2D eigenvalue weighted by molar-refractivity contribution is 0.304. The van der Waals surface area contributed by atoms with Crippen LogP contribution in [0.3, 0.4) is 0 Å². The lowest BCUT2D eigenvalue weighted by atomic mass is 10.0. The van der Waals surface area contributed by atoms with Crippen LogP contribution in [0.2, 0.25) is 0 Å². The molecule has 0 bridgehead atoms. The second-order valence-electron chi connectivity index (χ2n) is 5.43. The normalized spacial score (nSPS) is 12.3. The Morgan fingerprint density at radius 3 is 2.20 bits per heavy atom. The molecule has 0 saturated heterocycles. The molecule has 0 fully saturated rings. The predicted molar refractivity (Wildman–Crippen MR) is 87.4 cm³/mol. The number of ether oxygens (including phenoxy) is 1. The molecule has 114 valence electrons. The Hall–Kier alpha value is -1.02. The molecule has 1 unspecified atom stereocenters. The second-order valence-corrected chi connectivity index (χ2v) is 5.43. The van der Waals surface area contributed by atoms with E-state index in [2.05, 4.69) is 43.4 Å². The zero-order valence-corrected chi connectivity index (χ0v) is 13.5. The summed E-state index contributed by atoms with van der Waals surface area (Å²) >= 11 is 0. The number of unbranched alkanes of at least 4 members (excludes halogenated alkanes) is 5. The first-order valence-corrected chi connectivity index (χ1v) is 8.21. The molecule has 0 saturated carbocycles. The monoisotopic (exact) mass is 277 g/mol. The predicted octanol–water partition coefficient (Wildman–Crippen LogP) is 5.10. The highest BCUT2D eigenvalue weighted by Crippen LogP contribution is 2.20. The van der Waals surface area contributed by atoms with Gasteiger partial charge >= 0.3 is 0 Å². The lowest BCUT2D eigenvalue weighted by Crippen LogP contribution is -2.14.